The molecule has 0 spiro atoms. The lowest BCUT2D eigenvalue weighted by atomic mass is 9.96. The zero-order chi connectivity index (χ0) is 17.0. The molecule has 0 aliphatic heterocycles. The summed E-state index contributed by atoms with van der Waals surface area (Å²) in [4.78, 5) is 26.3. The van der Waals surface area contributed by atoms with E-state index in [1.165, 1.54) is 6.07 Å². The summed E-state index contributed by atoms with van der Waals surface area (Å²) >= 11 is 5.60. The van der Waals surface area contributed by atoms with E-state index in [9.17, 15) is 14.7 Å². The van der Waals surface area contributed by atoms with Crippen LogP contribution in [0, 0.1) is 0 Å². The van der Waals surface area contributed by atoms with E-state index < -0.39 is 11.0 Å². The number of hydrogen-bond donors (Lipinski definition) is 1. The molecule has 2 rings (SSSR count). The maximum absolute atomic E-state index is 12.8. The molecule has 0 radical (unpaired) electrons. The van der Waals surface area contributed by atoms with E-state index in [4.69, 9.17) is 11.6 Å². The first-order valence-corrected chi connectivity index (χ1v) is 7.79. The largest absolute Gasteiger partial charge is 0.505 e. The maximum atomic E-state index is 12.8. The van der Waals surface area contributed by atoms with Crippen LogP contribution in [0.3, 0.4) is 0 Å². The van der Waals surface area contributed by atoms with Gasteiger partial charge < -0.3 is 10.0 Å². The number of nitrogens with zero attached hydrogens (tertiary/aromatic N) is 1. The fourth-order valence-electron chi connectivity index (χ4n) is 2.53. The Hall–Kier alpha value is -2.33. The van der Waals surface area contributed by atoms with Gasteiger partial charge in [0.25, 0.3) is 5.24 Å². The van der Waals surface area contributed by atoms with Crippen LogP contribution in [-0.4, -0.2) is 29.2 Å². The SMILES string of the molecule is CCN(CC)c1ccc(C(=O)Cl)c(C(=O)c2ccccc2)c1O. The van der Waals surface area contributed by atoms with Crippen LogP contribution >= 0.6 is 11.6 Å². The molecule has 2 aromatic rings. The van der Waals surface area contributed by atoms with Gasteiger partial charge in [-0.15, -0.1) is 0 Å². The Balaban J connectivity index is 2.66. The van der Waals surface area contributed by atoms with Gasteiger partial charge in [0.2, 0.25) is 0 Å². The molecule has 0 saturated carbocycles. The predicted molar refractivity (Wildman–Crippen MR) is 91.7 cm³/mol. The molecular weight excluding hydrogens is 314 g/mol. The second-order valence-corrected chi connectivity index (χ2v) is 5.34. The van der Waals surface area contributed by atoms with Gasteiger partial charge in [-0.25, -0.2) is 0 Å². The molecule has 0 fully saturated rings. The number of aromatic hydroxyl groups is 1. The Morgan fingerprint density at radius 2 is 1.65 bits per heavy atom. The number of carbonyl (C=O) groups is 2. The van der Waals surface area contributed by atoms with Gasteiger partial charge in [0, 0.05) is 24.2 Å². The van der Waals surface area contributed by atoms with E-state index in [0.29, 0.717) is 24.3 Å². The molecule has 0 aromatic heterocycles. The summed E-state index contributed by atoms with van der Waals surface area (Å²) in [6.07, 6.45) is 0. The quantitative estimate of drug-likeness (QED) is 0.645. The number of carbonyl (C=O) groups excluding carboxylic acids is 2. The van der Waals surface area contributed by atoms with Crippen LogP contribution in [0.15, 0.2) is 42.5 Å². The van der Waals surface area contributed by atoms with Crippen molar-refractivity contribution in [3.05, 3.63) is 59.2 Å². The molecule has 0 heterocycles. The molecule has 2 aromatic carbocycles. The van der Waals surface area contributed by atoms with Crippen molar-refractivity contribution in [3.63, 3.8) is 0 Å². The van der Waals surface area contributed by atoms with Gasteiger partial charge in [0.15, 0.2) is 11.5 Å². The number of rotatable bonds is 6. The molecule has 1 N–H and O–H groups in total. The van der Waals surface area contributed by atoms with Gasteiger partial charge in [0.05, 0.1) is 11.3 Å². The van der Waals surface area contributed by atoms with Gasteiger partial charge in [-0.1, -0.05) is 30.3 Å². The standard InChI is InChI=1S/C18H18ClNO3/c1-3-20(4-2)14-11-10-13(18(19)23)15(17(14)22)16(21)12-8-6-5-7-9-12/h5-11,22H,3-4H2,1-2H3. The first kappa shape index (κ1) is 17.0. The summed E-state index contributed by atoms with van der Waals surface area (Å²) in [6, 6.07) is 11.6. The fraction of sp³-hybridized carbons (Fsp3) is 0.222. The van der Waals surface area contributed by atoms with Crippen LogP contribution in [0.1, 0.15) is 40.1 Å². The van der Waals surface area contributed by atoms with E-state index in [0.717, 1.165) is 0 Å². The molecular formula is C18H18ClNO3. The third-order valence-electron chi connectivity index (χ3n) is 3.74. The molecule has 0 amide bonds. The Bertz CT molecular complexity index is 725. The van der Waals surface area contributed by atoms with E-state index in [1.54, 1.807) is 36.4 Å². The van der Waals surface area contributed by atoms with Crippen molar-refractivity contribution in [2.24, 2.45) is 0 Å². The van der Waals surface area contributed by atoms with Crippen molar-refractivity contribution in [3.8, 4) is 5.75 Å². The normalized spacial score (nSPS) is 10.4. The lowest BCUT2D eigenvalue weighted by Gasteiger charge is -2.23. The molecule has 120 valence electrons. The summed E-state index contributed by atoms with van der Waals surface area (Å²) < 4.78 is 0. The van der Waals surface area contributed by atoms with Crippen LogP contribution in [0.5, 0.6) is 5.75 Å². The topological polar surface area (TPSA) is 57.6 Å². The van der Waals surface area contributed by atoms with Crippen molar-refractivity contribution in [2.45, 2.75) is 13.8 Å². The average molecular weight is 332 g/mol. The Kier molecular flexibility index (Phi) is 5.40. The van der Waals surface area contributed by atoms with Crippen LogP contribution in [-0.2, 0) is 0 Å². The Morgan fingerprint density at radius 3 is 2.17 bits per heavy atom. The monoisotopic (exact) mass is 331 g/mol. The molecule has 0 saturated heterocycles. The third kappa shape index (κ3) is 3.37. The number of phenolic OH excluding ortho intramolecular Hbond substituents is 1. The van der Waals surface area contributed by atoms with Gasteiger partial charge in [-0.2, -0.15) is 0 Å². The van der Waals surface area contributed by atoms with Gasteiger partial charge >= 0.3 is 0 Å². The number of ketones is 1. The van der Waals surface area contributed by atoms with Crippen molar-refractivity contribution in [1.82, 2.24) is 0 Å². The third-order valence-corrected chi connectivity index (χ3v) is 3.94. The van der Waals surface area contributed by atoms with Crippen molar-refractivity contribution in [2.75, 3.05) is 18.0 Å². The second kappa shape index (κ2) is 7.29. The molecule has 23 heavy (non-hydrogen) atoms. The summed E-state index contributed by atoms with van der Waals surface area (Å²) in [7, 11) is 0. The Labute approximate surface area is 140 Å². The van der Waals surface area contributed by atoms with E-state index in [1.807, 2.05) is 18.7 Å². The summed E-state index contributed by atoms with van der Waals surface area (Å²) in [6.45, 7) is 5.22. The van der Waals surface area contributed by atoms with Crippen LogP contribution in [0.2, 0.25) is 0 Å². The maximum Gasteiger partial charge on any atom is 0.253 e. The smallest absolute Gasteiger partial charge is 0.253 e. The minimum absolute atomic E-state index is 0.00826. The lowest BCUT2D eigenvalue weighted by molar-refractivity contribution is 0.102. The highest BCUT2D eigenvalue weighted by Gasteiger charge is 2.25. The molecule has 0 bridgehead atoms. The number of anilines is 1. The molecule has 0 atom stereocenters. The highest BCUT2D eigenvalue weighted by molar-refractivity contribution is 6.68. The minimum Gasteiger partial charge on any atom is -0.505 e. The van der Waals surface area contributed by atoms with Crippen LogP contribution in [0.25, 0.3) is 0 Å². The first-order valence-electron chi connectivity index (χ1n) is 7.41. The number of halogens is 1. The predicted octanol–water partition coefficient (Wildman–Crippen LogP) is 3.85. The van der Waals surface area contributed by atoms with Crippen LogP contribution in [0.4, 0.5) is 5.69 Å². The van der Waals surface area contributed by atoms with Gasteiger partial charge in [-0.3, -0.25) is 9.59 Å². The van der Waals surface area contributed by atoms with E-state index in [2.05, 4.69) is 0 Å². The minimum atomic E-state index is -0.773. The highest BCUT2D eigenvalue weighted by Crippen LogP contribution is 2.35. The van der Waals surface area contributed by atoms with Crippen LogP contribution < -0.4 is 4.90 Å². The molecule has 0 aliphatic carbocycles. The van der Waals surface area contributed by atoms with Crippen molar-refractivity contribution >= 4 is 28.3 Å². The van der Waals surface area contributed by atoms with E-state index >= 15 is 0 Å². The van der Waals surface area contributed by atoms with E-state index in [-0.39, 0.29) is 16.9 Å². The summed E-state index contributed by atoms with van der Waals surface area (Å²) in [5.41, 5.74) is 0.851. The van der Waals surface area contributed by atoms with Crippen molar-refractivity contribution in [1.29, 1.82) is 0 Å². The lowest BCUT2D eigenvalue weighted by Crippen LogP contribution is -2.23. The highest BCUT2D eigenvalue weighted by atomic mass is 35.5. The Morgan fingerprint density at radius 1 is 1.04 bits per heavy atom. The number of benzene rings is 2. The van der Waals surface area contributed by atoms with Gasteiger partial charge in [0.1, 0.15) is 0 Å². The van der Waals surface area contributed by atoms with Crippen molar-refractivity contribution < 1.29 is 14.7 Å². The molecule has 5 heteroatoms. The summed E-state index contributed by atoms with van der Waals surface area (Å²) in [5, 5.41) is 9.84. The first-order chi connectivity index (χ1) is 11.0. The molecule has 0 unspecified atom stereocenters. The van der Waals surface area contributed by atoms with Gasteiger partial charge in [-0.05, 0) is 37.6 Å². The second-order valence-electron chi connectivity index (χ2n) is 5.00. The number of phenols is 1. The zero-order valence-corrected chi connectivity index (χ0v) is 13.8. The molecule has 0 aliphatic rings. The molecule has 4 nitrogen and oxygen atoms in total. The average Bonchev–Trinajstić information content (AvgIpc) is 2.57. The summed E-state index contributed by atoms with van der Waals surface area (Å²) in [5.74, 6) is -0.643. The fourth-order valence-corrected chi connectivity index (χ4v) is 2.68. The number of hydrogen-bond acceptors (Lipinski definition) is 4. The zero-order valence-electron chi connectivity index (χ0n) is 13.0.